The molecular formula is C23H19NO. The van der Waals surface area contributed by atoms with Crippen LogP contribution in [0.1, 0.15) is 22.6 Å². The monoisotopic (exact) mass is 325 g/mol. The van der Waals surface area contributed by atoms with E-state index in [0.717, 1.165) is 16.7 Å². The van der Waals surface area contributed by atoms with Gasteiger partial charge in [-0.25, -0.2) is 4.98 Å². The molecule has 0 aliphatic heterocycles. The summed E-state index contributed by atoms with van der Waals surface area (Å²) >= 11 is 0. The summed E-state index contributed by atoms with van der Waals surface area (Å²) in [4.78, 5) is 4.61. The largest absolute Gasteiger partial charge is 0.437 e. The molecule has 122 valence electrons. The van der Waals surface area contributed by atoms with Gasteiger partial charge in [0.25, 0.3) is 0 Å². The van der Waals surface area contributed by atoms with Gasteiger partial charge in [0.2, 0.25) is 5.89 Å². The van der Waals surface area contributed by atoms with Crippen LogP contribution in [0.4, 0.5) is 0 Å². The SMILES string of the molecule is Cc1ccc(C)c(C=Cc2nc3cc(-c4ccccc4)ccc3o2)c1. The number of oxazole rings is 1. The Morgan fingerprint density at radius 3 is 2.48 bits per heavy atom. The van der Waals surface area contributed by atoms with Crippen LogP contribution in [0.15, 0.2) is 71.1 Å². The second-order valence-corrected chi connectivity index (χ2v) is 6.29. The van der Waals surface area contributed by atoms with Gasteiger partial charge in [-0.3, -0.25) is 0 Å². The first-order valence-corrected chi connectivity index (χ1v) is 8.40. The lowest BCUT2D eigenvalue weighted by atomic mass is 10.1. The first kappa shape index (κ1) is 15.4. The lowest BCUT2D eigenvalue weighted by Gasteiger charge is -2.00. The Morgan fingerprint density at radius 1 is 0.800 bits per heavy atom. The fourth-order valence-electron chi connectivity index (χ4n) is 2.93. The molecule has 0 N–H and O–H groups in total. The smallest absolute Gasteiger partial charge is 0.220 e. The molecule has 0 unspecified atom stereocenters. The van der Waals surface area contributed by atoms with Crippen molar-refractivity contribution in [3.63, 3.8) is 0 Å². The summed E-state index contributed by atoms with van der Waals surface area (Å²) in [5.74, 6) is 0.626. The molecule has 4 aromatic rings. The van der Waals surface area contributed by atoms with Gasteiger partial charge >= 0.3 is 0 Å². The molecule has 0 bridgehead atoms. The molecule has 25 heavy (non-hydrogen) atoms. The standard InChI is InChI=1S/C23H19NO/c1-16-8-9-17(2)19(14-16)11-13-23-24-21-15-20(10-12-22(21)25-23)18-6-4-3-5-7-18/h3-15H,1-2H3. The lowest BCUT2D eigenvalue weighted by molar-refractivity contribution is 0.590. The molecule has 3 aromatic carbocycles. The molecule has 2 heteroatoms. The van der Waals surface area contributed by atoms with Crippen LogP contribution in [0.25, 0.3) is 34.4 Å². The number of aromatic nitrogens is 1. The summed E-state index contributed by atoms with van der Waals surface area (Å²) in [6.07, 6.45) is 4.00. The highest BCUT2D eigenvalue weighted by Gasteiger charge is 2.06. The summed E-state index contributed by atoms with van der Waals surface area (Å²) in [7, 11) is 0. The van der Waals surface area contributed by atoms with Crippen molar-refractivity contribution >= 4 is 23.3 Å². The van der Waals surface area contributed by atoms with Crippen molar-refractivity contribution in [2.45, 2.75) is 13.8 Å². The van der Waals surface area contributed by atoms with Crippen LogP contribution in [0.5, 0.6) is 0 Å². The molecule has 0 aliphatic carbocycles. The zero-order valence-electron chi connectivity index (χ0n) is 14.4. The highest BCUT2D eigenvalue weighted by Crippen LogP contribution is 2.25. The minimum atomic E-state index is 0.626. The Hall–Kier alpha value is -3.13. The fourth-order valence-corrected chi connectivity index (χ4v) is 2.93. The maximum Gasteiger partial charge on any atom is 0.220 e. The number of fused-ring (bicyclic) bond motifs is 1. The molecule has 0 spiro atoms. The van der Waals surface area contributed by atoms with Crippen LogP contribution in [0.2, 0.25) is 0 Å². The van der Waals surface area contributed by atoms with E-state index in [-0.39, 0.29) is 0 Å². The zero-order valence-corrected chi connectivity index (χ0v) is 14.4. The summed E-state index contributed by atoms with van der Waals surface area (Å²) in [5.41, 5.74) is 7.68. The minimum Gasteiger partial charge on any atom is -0.437 e. The van der Waals surface area contributed by atoms with Crippen LogP contribution in [-0.2, 0) is 0 Å². The summed E-state index contributed by atoms with van der Waals surface area (Å²) in [6, 6.07) is 22.9. The summed E-state index contributed by atoms with van der Waals surface area (Å²) < 4.78 is 5.85. The molecule has 0 saturated heterocycles. The Kier molecular flexibility index (Phi) is 3.95. The van der Waals surface area contributed by atoms with Crippen molar-refractivity contribution in [3.05, 3.63) is 89.3 Å². The molecule has 0 amide bonds. The topological polar surface area (TPSA) is 26.0 Å². The molecule has 0 aliphatic rings. The Morgan fingerprint density at radius 2 is 1.64 bits per heavy atom. The third-order valence-electron chi connectivity index (χ3n) is 4.35. The van der Waals surface area contributed by atoms with Crippen LogP contribution < -0.4 is 0 Å². The van der Waals surface area contributed by atoms with Gasteiger partial charge in [0.15, 0.2) is 5.58 Å². The molecular weight excluding hydrogens is 306 g/mol. The van der Waals surface area contributed by atoms with Crippen molar-refractivity contribution in [2.75, 3.05) is 0 Å². The Bertz CT molecular complexity index is 1060. The highest BCUT2D eigenvalue weighted by molar-refractivity contribution is 5.82. The van der Waals surface area contributed by atoms with E-state index in [1.807, 2.05) is 30.3 Å². The van der Waals surface area contributed by atoms with Crippen molar-refractivity contribution in [2.24, 2.45) is 0 Å². The fraction of sp³-hybridized carbons (Fsp3) is 0.0870. The molecule has 0 atom stereocenters. The lowest BCUT2D eigenvalue weighted by Crippen LogP contribution is -1.82. The van der Waals surface area contributed by atoms with Gasteiger partial charge < -0.3 is 4.42 Å². The number of nitrogens with zero attached hydrogens (tertiary/aromatic N) is 1. The van der Waals surface area contributed by atoms with Crippen LogP contribution in [0, 0.1) is 13.8 Å². The van der Waals surface area contributed by atoms with E-state index in [4.69, 9.17) is 4.42 Å². The molecule has 0 radical (unpaired) electrons. The van der Waals surface area contributed by atoms with Crippen molar-refractivity contribution in [1.82, 2.24) is 4.98 Å². The highest BCUT2D eigenvalue weighted by atomic mass is 16.3. The number of hydrogen-bond donors (Lipinski definition) is 0. The molecule has 4 rings (SSSR count). The van der Waals surface area contributed by atoms with Gasteiger partial charge in [-0.05, 0) is 54.3 Å². The minimum absolute atomic E-state index is 0.626. The third-order valence-corrected chi connectivity index (χ3v) is 4.35. The van der Waals surface area contributed by atoms with Crippen LogP contribution >= 0.6 is 0 Å². The van der Waals surface area contributed by atoms with Crippen LogP contribution in [0.3, 0.4) is 0 Å². The average Bonchev–Trinajstić information content (AvgIpc) is 3.05. The van der Waals surface area contributed by atoms with Crippen molar-refractivity contribution in [1.29, 1.82) is 0 Å². The second-order valence-electron chi connectivity index (χ2n) is 6.29. The quantitative estimate of drug-likeness (QED) is 0.443. The zero-order chi connectivity index (χ0) is 17.2. The number of rotatable bonds is 3. The van der Waals surface area contributed by atoms with Gasteiger partial charge in [-0.2, -0.15) is 0 Å². The van der Waals surface area contributed by atoms with Crippen LogP contribution in [-0.4, -0.2) is 4.98 Å². The Balaban J connectivity index is 1.67. The predicted molar refractivity (Wildman–Crippen MR) is 104 cm³/mol. The van der Waals surface area contributed by atoms with E-state index in [0.29, 0.717) is 5.89 Å². The van der Waals surface area contributed by atoms with E-state index in [1.54, 1.807) is 0 Å². The van der Waals surface area contributed by atoms with Crippen molar-refractivity contribution in [3.8, 4) is 11.1 Å². The Labute approximate surface area is 147 Å². The predicted octanol–water partition coefficient (Wildman–Crippen LogP) is 6.28. The number of benzene rings is 3. The molecule has 1 aromatic heterocycles. The first-order valence-electron chi connectivity index (χ1n) is 8.40. The van der Waals surface area contributed by atoms with Gasteiger partial charge in [0.1, 0.15) is 5.52 Å². The molecule has 0 fully saturated rings. The second kappa shape index (κ2) is 6.40. The summed E-state index contributed by atoms with van der Waals surface area (Å²) in [5, 5.41) is 0. The van der Waals surface area contributed by atoms with E-state index in [1.165, 1.54) is 22.3 Å². The van der Waals surface area contributed by atoms with E-state index in [2.05, 4.69) is 67.4 Å². The van der Waals surface area contributed by atoms with Gasteiger partial charge in [-0.15, -0.1) is 0 Å². The number of hydrogen-bond acceptors (Lipinski definition) is 2. The maximum atomic E-state index is 5.85. The van der Waals surface area contributed by atoms with Gasteiger partial charge in [-0.1, -0.05) is 60.2 Å². The molecule has 2 nitrogen and oxygen atoms in total. The van der Waals surface area contributed by atoms with E-state index in [9.17, 15) is 0 Å². The average molecular weight is 325 g/mol. The molecule has 0 saturated carbocycles. The van der Waals surface area contributed by atoms with Crippen molar-refractivity contribution < 1.29 is 4.42 Å². The normalized spacial score (nSPS) is 11.4. The maximum absolute atomic E-state index is 5.85. The summed E-state index contributed by atoms with van der Waals surface area (Å²) in [6.45, 7) is 4.21. The van der Waals surface area contributed by atoms with E-state index < -0.39 is 0 Å². The van der Waals surface area contributed by atoms with Gasteiger partial charge in [0, 0.05) is 6.08 Å². The van der Waals surface area contributed by atoms with E-state index >= 15 is 0 Å². The van der Waals surface area contributed by atoms with Gasteiger partial charge in [0.05, 0.1) is 0 Å². The first-order chi connectivity index (χ1) is 12.2. The molecule has 1 heterocycles. The number of aryl methyl sites for hydroxylation is 2. The third kappa shape index (κ3) is 3.24.